The predicted molar refractivity (Wildman–Crippen MR) is 66.9 cm³/mol. The molecule has 0 aliphatic heterocycles. The number of rotatable bonds is 9. The van der Waals surface area contributed by atoms with E-state index >= 15 is 0 Å². The number of nitrogens with two attached hydrogens (primary N) is 1. The van der Waals surface area contributed by atoms with Gasteiger partial charge in [0.05, 0.1) is 18.8 Å². The van der Waals surface area contributed by atoms with E-state index in [9.17, 15) is 0 Å². The summed E-state index contributed by atoms with van der Waals surface area (Å²) in [5.74, 6) is 0.928. The lowest BCUT2D eigenvalue weighted by atomic mass is 10.1. The van der Waals surface area contributed by atoms with Crippen molar-refractivity contribution in [2.24, 2.45) is 5.73 Å². The molecule has 0 aromatic carbocycles. The van der Waals surface area contributed by atoms with Gasteiger partial charge in [-0.2, -0.15) is 4.98 Å². The van der Waals surface area contributed by atoms with Crippen LogP contribution in [0.2, 0.25) is 0 Å². The van der Waals surface area contributed by atoms with Crippen molar-refractivity contribution in [2.75, 3.05) is 19.8 Å². The third-order valence-electron chi connectivity index (χ3n) is 2.28. The third-order valence-corrected chi connectivity index (χ3v) is 2.28. The Morgan fingerprint density at radius 3 is 2.56 bits per heavy atom. The number of ether oxygens (including phenoxy) is 2. The topological polar surface area (TPSA) is 83.4 Å². The van der Waals surface area contributed by atoms with Crippen molar-refractivity contribution < 1.29 is 14.0 Å². The minimum Gasteiger partial charge on any atom is -0.379 e. The summed E-state index contributed by atoms with van der Waals surface area (Å²) >= 11 is 0. The molecule has 0 aliphatic carbocycles. The van der Waals surface area contributed by atoms with Crippen LogP contribution >= 0.6 is 0 Å². The fourth-order valence-corrected chi connectivity index (χ4v) is 1.20. The van der Waals surface area contributed by atoms with Crippen LogP contribution in [0.3, 0.4) is 0 Å². The minimum absolute atomic E-state index is 0.292. The van der Waals surface area contributed by atoms with Crippen LogP contribution in [0.1, 0.15) is 45.3 Å². The zero-order valence-corrected chi connectivity index (χ0v) is 11.4. The molecule has 1 aromatic rings. The molecule has 1 rings (SSSR count). The molecule has 0 bridgehead atoms. The molecule has 0 amide bonds. The first-order chi connectivity index (χ1) is 8.54. The van der Waals surface area contributed by atoms with E-state index in [-0.39, 0.29) is 0 Å². The van der Waals surface area contributed by atoms with Crippen LogP contribution in [0.25, 0.3) is 0 Å². The zero-order chi connectivity index (χ0) is 13.4. The second kappa shape index (κ2) is 7.45. The first-order valence-electron chi connectivity index (χ1n) is 6.31. The van der Waals surface area contributed by atoms with Crippen LogP contribution in [0.5, 0.6) is 0 Å². The van der Waals surface area contributed by atoms with Crippen molar-refractivity contribution in [1.82, 2.24) is 10.1 Å². The molecule has 0 aliphatic rings. The van der Waals surface area contributed by atoms with Crippen molar-refractivity contribution in [3.63, 3.8) is 0 Å². The van der Waals surface area contributed by atoms with Gasteiger partial charge in [0.1, 0.15) is 6.61 Å². The highest BCUT2D eigenvalue weighted by molar-refractivity contribution is 4.98. The van der Waals surface area contributed by atoms with Crippen LogP contribution in [0, 0.1) is 0 Å². The Labute approximate surface area is 108 Å². The molecular weight excluding hydrogens is 234 g/mol. The molecular formula is C12H23N3O3. The molecule has 0 fully saturated rings. The summed E-state index contributed by atoms with van der Waals surface area (Å²) in [7, 11) is 0. The SMILES string of the molecule is CCCCOCCOCc1nc(C(C)(C)N)no1. The maximum Gasteiger partial charge on any atom is 0.252 e. The number of hydrogen-bond donors (Lipinski definition) is 1. The smallest absolute Gasteiger partial charge is 0.252 e. The highest BCUT2D eigenvalue weighted by Crippen LogP contribution is 2.12. The third kappa shape index (κ3) is 5.57. The molecule has 2 N–H and O–H groups in total. The molecule has 6 nitrogen and oxygen atoms in total. The first-order valence-corrected chi connectivity index (χ1v) is 6.31. The molecule has 0 saturated carbocycles. The van der Waals surface area contributed by atoms with E-state index in [1.807, 2.05) is 13.8 Å². The molecule has 0 unspecified atom stereocenters. The minimum atomic E-state index is -0.592. The number of hydrogen-bond acceptors (Lipinski definition) is 6. The lowest BCUT2D eigenvalue weighted by molar-refractivity contribution is 0.0307. The maximum absolute atomic E-state index is 5.85. The van der Waals surface area contributed by atoms with Gasteiger partial charge in [-0.3, -0.25) is 0 Å². The lowest BCUT2D eigenvalue weighted by Crippen LogP contribution is -2.30. The Balaban J connectivity index is 2.14. The Morgan fingerprint density at radius 2 is 1.94 bits per heavy atom. The molecule has 104 valence electrons. The van der Waals surface area contributed by atoms with Gasteiger partial charge >= 0.3 is 0 Å². The molecule has 0 spiro atoms. The summed E-state index contributed by atoms with van der Waals surface area (Å²) in [4.78, 5) is 4.16. The van der Waals surface area contributed by atoms with Gasteiger partial charge in [0.25, 0.3) is 5.89 Å². The lowest BCUT2D eigenvalue weighted by Gasteiger charge is -2.11. The second-order valence-electron chi connectivity index (χ2n) is 4.75. The van der Waals surface area contributed by atoms with Gasteiger partial charge in [0.2, 0.25) is 0 Å². The van der Waals surface area contributed by atoms with Crippen LogP contribution < -0.4 is 5.73 Å². The van der Waals surface area contributed by atoms with Gasteiger partial charge < -0.3 is 19.7 Å². The highest BCUT2D eigenvalue weighted by Gasteiger charge is 2.21. The van der Waals surface area contributed by atoms with Gasteiger partial charge in [-0.25, -0.2) is 0 Å². The van der Waals surface area contributed by atoms with Crippen LogP contribution in [-0.2, 0) is 21.6 Å². The predicted octanol–water partition coefficient (Wildman–Crippen LogP) is 1.60. The quantitative estimate of drug-likeness (QED) is 0.676. The Bertz CT molecular complexity index is 334. The normalized spacial score (nSPS) is 12.0. The van der Waals surface area contributed by atoms with Crippen molar-refractivity contribution in [3.05, 3.63) is 11.7 Å². The average Bonchev–Trinajstić information content (AvgIpc) is 2.76. The van der Waals surface area contributed by atoms with E-state index in [4.69, 9.17) is 19.7 Å². The van der Waals surface area contributed by atoms with Crippen LogP contribution in [-0.4, -0.2) is 30.0 Å². The van der Waals surface area contributed by atoms with E-state index in [1.54, 1.807) is 0 Å². The van der Waals surface area contributed by atoms with Gasteiger partial charge in [-0.05, 0) is 20.3 Å². The van der Waals surface area contributed by atoms with Gasteiger partial charge in [-0.1, -0.05) is 18.5 Å². The molecule has 18 heavy (non-hydrogen) atoms. The van der Waals surface area contributed by atoms with Crippen LogP contribution in [0.4, 0.5) is 0 Å². The molecule has 0 atom stereocenters. The molecule has 6 heteroatoms. The summed E-state index contributed by atoms with van der Waals surface area (Å²) in [6.07, 6.45) is 2.22. The monoisotopic (exact) mass is 257 g/mol. The van der Waals surface area contributed by atoms with Crippen molar-refractivity contribution in [1.29, 1.82) is 0 Å². The summed E-state index contributed by atoms with van der Waals surface area (Å²) in [5.41, 5.74) is 5.25. The summed E-state index contributed by atoms with van der Waals surface area (Å²) in [5, 5.41) is 3.80. The molecule has 1 aromatic heterocycles. The number of nitrogens with zero attached hydrogens (tertiary/aromatic N) is 2. The summed E-state index contributed by atoms with van der Waals surface area (Å²) in [6.45, 7) is 7.96. The van der Waals surface area contributed by atoms with Crippen molar-refractivity contribution in [2.45, 2.75) is 45.8 Å². The van der Waals surface area contributed by atoms with Gasteiger partial charge in [-0.15, -0.1) is 0 Å². The van der Waals surface area contributed by atoms with Gasteiger partial charge in [0.15, 0.2) is 5.82 Å². The second-order valence-corrected chi connectivity index (χ2v) is 4.75. The Morgan fingerprint density at radius 1 is 1.22 bits per heavy atom. The Hall–Kier alpha value is -0.980. The van der Waals surface area contributed by atoms with Gasteiger partial charge in [0, 0.05) is 6.61 Å². The molecule has 1 heterocycles. The summed E-state index contributed by atoms with van der Waals surface area (Å²) in [6, 6.07) is 0. The van der Waals surface area contributed by atoms with E-state index < -0.39 is 5.54 Å². The van der Waals surface area contributed by atoms with E-state index in [1.165, 1.54) is 0 Å². The molecule has 0 saturated heterocycles. The van der Waals surface area contributed by atoms with E-state index in [0.29, 0.717) is 31.5 Å². The Kier molecular flexibility index (Phi) is 6.24. The fraction of sp³-hybridized carbons (Fsp3) is 0.833. The summed E-state index contributed by atoms with van der Waals surface area (Å²) < 4.78 is 15.8. The standard InChI is InChI=1S/C12H23N3O3/c1-4-5-6-16-7-8-17-9-10-14-11(15-18-10)12(2,3)13/h4-9,13H2,1-3H3. The average molecular weight is 257 g/mol. The van der Waals surface area contributed by atoms with Crippen molar-refractivity contribution >= 4 is 0 Å². The van der Waals surface area contributed by atoms with E-state index in [2.05, 4.69) is 17.1 Å². The molecule has 0 radical (unpaired) electrons. The maximum atomic E-state index is 5.85. The fourth-order valence-electron chi connectivity index (χ4n) is 1.20. The van der Waals surface area contributed by atoms with Crippen LogP contribution in [0.15, 0.2) is 4.52 Å². The van der Waals surface area contributed by atoms with Crippen molar-refractivity contribution in [3.8, 4) is 0 Å². The first kappa shape index (κ1) is 15.1. The number of aromatic nitrogens is 2. The highest BCUT2D eigenvalue weighted by atomic mass is 16.5. The zero-order valence-electron chi connectivity index (χ0n) is 11.4. The number of unbranched alkanes of at least 4 members (excludes halogenated alkanes) is 1. The largest absolute Gasteiger partial charge is 0.379 e. The van der Waals surface area contributed by atoms with E-state index in [0.717, 1.165) is 19.4 Å².